The van der Waals surface area contributed by atoms with Gasteiger partial charge in [-0.3, -0.25) is 4.79 Å². The largest absolute Gasteiger partial charge is 0.492 e. The summed E-state index contributed by atoms with van der Waals surface area (Å²) in [6.07, 6.45) is 1.84. The van der Waals surface area contributed by atoms with Crippen molar-refractivity contribution >= 4 is 33.4 Å². The molecule has 1 aromatic carbocycles. The molecule has 8 heteroatoms. The van der Waals surface area contributed by atoms with Crippen LogP contribution in [0.5, 0.6) is 5.75 Å². The molecule has 24 heavy (non-hydrogen) atoms. The second kappa shape index (κ2) is 9.29. The summed E-state index contributed by atoms with van der Waals surface area (Å²) in [5.41, 5.74) is 0.371. The predicted molar refractivity (Wildman–Crippen MR) is 99.3 cm³/mol. The van der Waals surface area contributed by atoms with Crippen LogP contribution < -0.4 is 10.1 Å². The highest BCUT2D eigenvalue weighted by Crippen LogP contribution is 2.29. The molecule has 0 saturated heterocycles. The Hall–Kier alpha value is -1.25. The number of sulfonamides is 1. The van der Waals surface area contributed by atoms with E-state index in [9.17, 15) is 13.2 Å². The number of amides is 1. The Labute approximate surface area is 149 Å². The van der Waals surface area contributed by atoms with Gasteiger partial charge in [0.25, 0.3) is 0 Å². The van der Waals surface area contributed by atoms with Gasteiger partial charge in [-0.1, -0.05) is 13.8 Å². The monoisotopic (exact) mass is 374 g/mol. The highest BCUT2D eigenvalue weighted by molar-refractivity contribution is 7.99. The van der Waals surface area contributed by atoms with Gasteiger partial charge in [0.2, 0.25) is 15.9 Å². The van der Waals surface area contributed by atoms with E-state index in [1.807, 2.05) is 13.2 Å². The summed E-state index contributed by atoms with van der Waals surface area (Å²) in [4.78, 5) is 12.3. The van der Waals surface area contributed by atoms with E-state index in [1.165, 1.54) is 28.2 Å². The first-order valence-electron chi connectivity index (χ1n) is 7.92. The lowest BCUT2D eigenvalue weighted by Crippen LogP contribution is -2.30. The number of thioether (sulfide) groups is 1. The zero-order valence-electron chi connectivity index (χ0n) is 14.8. The number of carbonyl (C=O) groups is 1. The Morgan fingerprint density at radius 2 is 1.92 bits per heavy atom. The van der Waals surface area contributed by atoms with Crippen molar-refractivity contribution in [2.75, 3.05) is 31.3 Å². The van der Waals surface area contributed by atoms with Crippen LogP contribution in [-0.4, -0.2) is 49.8 Å². The van der Waals surface area contributed by atoms with Crippen molar-refractivity contribution in [2.45, 2.75) is 37.8 Å². The molecule has 0 aliphatic carbocycles. The molecule has 1 aromatic rings. The molecule has 0 aliphatic rings. The molecule has 0 saturated carbocycles. The number of rotatable bonds is 9. The van der Waals surface area contributed by atoms with Crippen LogP contribution in [0.15, 0.2) is 23.1 Å². The topological polar surface area (TPSA) is 75.7 Å². The molecular weight excluding hydrogens is 348 g/mol. The molecule has 0 aromatic heterocycles. The van der Waals surface area contributed by atoms with Crippen LogP contribution in [-0.2, 0) is 14.8 Å². The van der Waals surface area contributed by atoms with Gasteiger partial charge in [-0.2, -0.15) is 16.1 Å². The van der Waals surface area contributed by atoms with Gasteiger partial charge in [0, 0.05) is 13.1 Å². The lowest BCUT2D eigenvalue weighted by molar-refractivity contribution is -0.115. The maximum absolute atomic E-state index is 12.7. The van der Waals surface area contributed by atoms with E-state index in [0.29, 0.717) is 31.1 Å². The number of benzene rings is 1. The minimum Gasteiger partial charge on any atom is -0.492 e. The average molecular weight is 375 g/mol. The van der Waals surface area contributed by atoms with E-state index < -0.39 is 10.0 Å². The van der Waals surface area contributed by atoms with Gasteiger partial charge in [-0.25, -0.2) is 8.42 Å². The molecule has 1 N–H and O–H groups in total. The van der Waals surface area contributed by atoms with Gasteiger partial charge in [0.05, 0.1) is 22.4 Å². The highest BCUT2D eigenvalue weighted by Gasteiger charge is 2.23. The van der Waals surface area contributed by atoms with Crippen LogP contribution >= 0.6 is 11.8 Å². The summed E-state index contributed by atoms with van der Waals surface area (Å²) in [5.74, 6) is 0.262. The second-order valence-electron chi connectivity index (χ2n) is 5.05. The number of carbonyl (C=O) groups excluding carboxylic acids is 1. The normalized spacial score (nSPS) is 12.9. The van der Waals surface area contributed by atoms with Crippen molar-refractivity contribution in [3.63, 3.8) is 0 Å². The summed E-state index contributed by atoms with van der Waals surface area (Å²) >= 11 is 1.41. The van der Waals surface area contributed by atoms with E-state index >= 15 is 0 Å². The van der Waals surface area contributed by atoms with Crippen LogP contribution in [0.2, 0.25) is 0 Å². The van der Waals surface area contributed by atoms with E-state index in [-0.39, 0.29) is 16.1 Å². The third-order valence-electron chi connectivity index (χ3n) is 3.57. The van der Waals surface area contributed by atoms with Crippen molar-refractivity contribution in [3.05, 3.63) is 18.2 Å². The van der Waals surface area contributed by atoms with Gasteiger partial charge >= 0.3 is 0 Å². The Morgan fingerprint density at radius 1 is 1.29 bits per heavy atom. The van der Waals surface area contributed by atoms with E-state index in [1.54, 1.807) is 26.8 Å². The van der Waals surface area contributed by atoms with Gasteiger partial charge < -0.3 is 10.1 Å². The Kier molecular flexibility index (Phi) is 8.05. The predicted octanol–water partition coefficient (Wildman–Crippen LogP) is 2.81. The van der Waals surface area contributed by atoms with Gasteiger partial charge in [-0.15, -0.1) is 0 Å². The molecule has 1 amide bonds. The van der Waals surface area contributed by atoms with Crippen molar-refractivity contribution < 1.29 is 17.9 Å². The number of nitrogens with zero attached hydrogens (tertiary/aromatic N) is 1. The number of hydrogen-bond acceptors (Lipinski definition) is 5. The number of nitrogens with one attached hydrogen (secondary N) is 1. The minimum atomic E-state index is -3.60. The van der Waals surface area contributed by atoms with E-state index in [2.05, 4.69) is 5.32 Å². The van der Waals surface area contributed by atoms with Gasteiger partial charge in [0.1, 0.15) is 5.75 Å². The molecular formula is C16H26N2O4S2. The quantitative estimate of drug-likeness (QED) is 0.719. The van der Waals surface area contributed by atoms with E-state index in [0.717, 1.165) is 0 Å². The second-order valence-corrected chi connectivity index (χ2v) is 8.16. The Bertz CT molecular complexity index is 658. The van der Waals surface area contributed by atoms with Crippen LogP contribution in [0.1, 0.15) is 27.7 Å². The number of ether oxygens (including phenoxy) is 1. The summed E-state index contributed by atoms with van der Waals surface area (Å²) in [5, 5.41) is 2.52. The number of hydrogen-bond donors (Lipinski definition) is 1. The fourth-order valence-electron chi connectivity index (χ4n) is 2.10. The first-order chi connectivity index (χ1) is 11.3. The molecule has 0 bridgehead atoms. The fraction of sp³-hybridized carbons (Fsp3) is 0.562. The Balaban J connectivity index is 3.28. The van der Waals surface area contributed by atoms with Crippen LogP contribution in [0.25, 0.3) is 0 Å². The Morgan fingerprint density at radius 3 is 2.42 bits per heavy atom. The van der Waals surface area contributed by atoms with Crippen molar-refractivity contribution in [3.8, 4) is 5.75 Å². The zero-order chi connectivity index (χ0) is 18.3. The van der Waals surface area contributed by atoms with Gasteiger partial charge in [-0.05, 0) is 38.3 Å². The summed E-state index contributed by atoms with van der Waals surface area (Å²) in [6, 6.07) is 4.55. The summed E-state index contributed by atoms with van der Waals surface area (Å²) < 4.78 is 32.2. The molecule has 1 rings (SSSR count). The molecule has 6 nitrogen and oxygen atoms in total. The summed E-state index contributed by atoms with van der Waals surface area (Å²) in [6.45, 7) is 8.39. The molecule has 0 heterocycles. The third kappa shape index (κ3) is 4.87. The summed E-state index contributed by atoms with van der Waals surface area (Å²) in [7, 11) is -3.60. The molecule has 136 valence electrons. The van der Waals surface area contributed by atoms with Crippen molar-refractivity contribution in [2.24, 2.45) is 0 Å². The first kappa shape index (κ1) is 20.8. The molecule has 0 aliphatic heterocycles. The molecule has 0 radical (unpaired) electrons. The average Bonchev–Trinajstić information content (AvgIpc) is 2.56. The maximum atomic E-state index is 12.7. The molecule has 0 spiro atoms. The van der Waals surface area contributed by atoms with E-state index in [4.69, 9.17) is 4.74 Å². The fourth-order valence-corrected chi connectivity index (χ4v) is 3.86. The molecule has 0 fully saturated rings. The smallest absolute Gasteiger partial charge is 0.243 e. The van der Waals surface area contributed by atoms with Crippen LogP contribution in [0.3, 0.4) is 0 Å². The van der Waals surface area contributed by atoms with Crippen molar-refractivity contribution in [1.82, 2.24) is 4.31 Å². The minimum absolute atomic E-state index is 0.141. The maximum Gasteiger partial charge on any atom is 0.243 e. The SMILES string of the molecule is CCOc1ccc(S(=O)(=O)N(CC)CC)cc1NC(=O)C(C)SC. The standard InChI is InChI=1S/C16H26N2O4S2/c1-6-18(7-2)24(20,21)13-9-10-15(22-8-3)14(11-13)17-16(19)12(4)23-5/h9-12H,6-8H2,1-5H3,(H,17,19). The van der Waals surface area contributed by atoms with Crippen molar-refractivity contribution in [1.29, 1.82) is 0 Å². The van der Waals surface area contributed by atoms with Crippen LogP contribution in [0, 0.1) is 0 Å². The molecule has 1 atom stereocenters. The first-order valence-corrected chi connectivity index (χ1v) is 10.6. The highest BCUT2D eigenvalue weighted by atomic mass is 32.2. The van der Waals surface area contributed by atoms with Gasteiger partial charge in [0.15, 0.2) is 0 Å². The number of anilines is 1. The lowest BCUT2D eigenvalue weighted by atomic mass is 10.2. The zero-order valence-corrected chi connectivity index (χ0v) is 16.5. The van der Waals surface area contributed by atoms with Crippen LogP contribution in [0.4, 0.5) is 5.69 Å². The third-order valence-corrected chi connectivity index (χ3v) is 6.54. The lowest BCUT2D eigenvalue weighted by Gasteiger charge is -2.20. The molecule has 1 unspecified atom stereocenters.